The lowest BCUT2D eigenvalue weighted by Crippen LogP contribution is -2.26. The van der Waals surface area contributed by atoms with Crippen molar-refractivity contribution in [1.82, 2.24) is 4.31 Å². The predicted octanol–water partition coefficient (Wildman–Crippen LogP) is 4.58. The van der Waals surface area contributed by atoms with E-state index in [0.29, 0.717) is 24.0 Å². The highest BCUT2D eigenvalue weighted by Crippen LogP contribution is 2.36. The minimum absolute atomic E-state index is 0.00127. The van der Waals surface area contributed by atoms with Crippen molar-refractivity contribution in [3.8, 4) is 5.75 Å². The summed E-state index contributed by atoms with van der Waals surface area (Å²) in [6.45, 7) is 2.35. The van der Waals surface area contributed by atoms with E-state index in [4.69, 9.17) is 16.3 Å². The van der Waals surface area contributed by atoms with Crippen LogP contribution in [0, 0.1) is 0 Å². The van der Waals surface area contributed by atoms with Crippen LogP contribution < -0.4 is 4.74 Å². The minimum Gasteiger partial charge on any atom is -0.494 e. The quantitative estimate of drug-likeness (QED) is 0.704. The van der Waals surface area contributed by atoms with Crippen LogP contribution in [0.3, 0.4) is 0 Å². The van der Waals surface area contributed by atoms with Crippen LogP contribution in [0.5, 0.6) is 5.75 Å². The maximum absolute atomic E-state index is 13.0. The second kappa shape index (κ2) is 7.85. The second-order valence-corrected chi connectivity index (χ2v) is 7.93. The average Bonchev–Trinajstić information content (AvgIpc) is 2.56. The third-order valence-electron chi connectivity index (χ3n) is 3.59. The molecule has 4 nitrogen and oxygen atoms in total. The summed E-state index contributed by atoms with van der Waals surface area (Å²) in [6, 6.07) is 9.32. The molecule has 0 aliphatic carbocycles. The summed E-state index contributed by atoms with van der Waals surface area (Å²) in [7, 11) is -2.81. The molecule has 0 amide bonds. The van der Waals surface area contributed by atoms with E-state index >= 15 is 0 Å². The number of benzene rings is 2. The van der Waals surface area contributed by atoms with Gasteiger partial charge in [-0.05, 0) is 42.8 Å². The molecule has 0 aromatic heterocycles. The summed E-state index contributed by atoms with van der Waals surface area (Å²) < 4.78 is 70.3. The maximum atomic E-state index is 13.0. The van der Waals surface area contributed by atoms with Gasteiger partial charge in [-0.2, -0.15) is 17.5 Å². The number of nitrogens with zero attached hydrogens (tertiary/aromatic N) is 1. The largest absolute Gasteiger partial charge is 0.494 e. The molecule has 0 aliphatic heterocycles. The smallest absolute Gasteiger partial charge is 0.417 e. The van der Waals surface area contributed by atoms with E-state index in [1.807, 2.05) is 6.92 Å². The molecule has 142 valence electrons. The zero-order chi connectivity index (χ0) is 19.5. The van der Waals surface area contributed by atoms with E-state index in [-0.39, 0.29) is 6.54 Å². The van der Waals surface area contributed by atoms with Crippen LogP contribution in [-0.4, -0.2) is 26.4 Å². The number of rotatable bonds is 6. The highest BCUT2D eigenvalue weighted by molar-refractivity contribution is 7.89. The van der Waals surface area contributed by atoms with Crippen molar-refractivity contribution < 1.29 is 26.3 Å². The first-order chi connectivity index (χ1) is 12.1. The minimum atomic E-state index is -4.74. The normalized spacial score (nSPS) is 12.4. The van der Waals surface area contributed by atoms with Crippen LogP contribution in [0.25, 0.3) is 0 Å². The third kappa shape index (κ3) is 4.69. The molecular formula is C17H17ClF3NO3S. The summed E-state index contributed by atoms with van der Waals surface area (Å²) in [4.78, 5) is -0.470. The number of halogens is 4. The fourth-order valence-electron chi connectivity index (χ4n) is 2.26. The van der Waals surface area contributed by atoms with E-state index in [9.17, 15) is 21.6 Å². The Labute approximate surface area is 155 Å². The fraction of sp³-hybridized carbons (Fsp3) is 0.294. The first-order valence-corrected chi connectivity index (χ1v) is 9.42. The Balaban J connectivity index is 2.26. The van der Waals surface area contributed by atoms with Gasteiger partial charge in [0, 0.05) is 13.6 Å². The molecule has 0 radical (unpaired) electrons. The highest BCUT2D eigenvalue weighted by atomic mass is 35.5. The Morgan fingerprint density at radius 2 is 1.73 bits per heavy atom. The highest BCUT2D eigenvalue weighted by Gasteiger charge is 2.35. The van der Waals surface area contributed by atoms with Gasteiger partial charge in [-0.15, -0.1) is 0 Å². The zero-order valence-corrected chi connectivity index (χ0v) is 15.6. The molecular weight excluding hydrogens is 391 g/mol. The molecule has 2 aromatic rings. The Morgan fingerprint density at radius 1 is 1.12 bits per heavy atom. The van der Waals surface area contributed by atoms with Gasteiger partial charge in [0.1, 0.15) is 5.75 Å². The summed E-state index contributed by atoms with van der Waals surface area (Å²) in [5.74, 6) is 0.647. The van der Waals surface area contributed by atoms with E-state index < -0.39 is 31.7 Å². The third-order valence-corrected chi connectivity index (χ3v) is 5.72. The fourth-order valence-corrected chi connectivity index (χ4v) is 3.67. The van der Waals surface area contributed by atoms with Crippen molar-refractivity contribution in [2.24, 2.45) is 0 Å². The molecule has 0 bridgehead atoms. The molecule has 0 heterocycles. The first-order valence-electron chi connectivity index (χ1n) is 7.60. The molecule has 0 atom stereocenters. The summed E-state index contributed by atoms with van der Waals surface area (Å²) >= 11 is 5.54. The first kappa shape index (κ1) is 20.5. The zero-order valence-electron chi connectivity index (χ0n) is 14.0. The molecule has 0 unspecified atom stereocenters. The van der Waals surface area contributed by atoms with Crippen LogP contribution in [0.4, 0.5) is 13.2 Å². The van der Waals surface area contributed by atoms with Crippen molar-refractivity contribution >= 4 is 21.6 Å². The van der Waals surface area contributed by atoms with Gasteiger partial charge in [0.05, 0.1) is 22.1 Å². The number of hydrogen-bond acceptors (Lipinski definition) is 3. The van der Waals surface area contributed by atoms with E-state index in [1.165, 1.54) is 7.05 Å². The molecule has 0 spiro atoms. The lowest BCUT2D eigenvalue weighted by atomic mass is 10.2. The van der Waals surface area contributed by atoms with Gasteiger partial charge >= 0.3 is 6.18 Å². The number of sulfonamides is 1. The number of ether oxygens (including phenoxy) is 1. The second-order valence-electron chi connectivity index (χ2n) is 5.48. The summed E-state index contributed by atoms with van der Waals surface area (Å²) in [5, 5.41) is -0.550. The van der Waals surface area contributed by atoms with Crippen molar-refractivity contribution in [1.29, 1.82) is 0 Å². The lowest BCUT2D eigenvalue weighted by Gasteiger charge is -2.19. The van der Waals surface area contributed by atoms with Crippen LogP contribution >= 0.6 is 11.6 Å². The number of alkyl halides is 3. The molecule has 0 saturated carbocycles. The van der Waals surface area contributed by atoms with E-state index in [0.717, 1.165) is 16.4 Å². The molecule has 2 rings (SSSR count). The standard InChI is InChI=1S/C17H17ClF3NO3S/c1-3-25-13-6-4-12(5-7-13)11-22(2)26(23,24)14-8-9-16(18)15(10-14)17(19,20)21/h4-10H,3,11H2,1-2H3. The summed E-state index contributed by atoms with van der Waals surface area (Å²) in [5.41, 5.74) is -0.515. The molecule has 0 saturated heterocycles. The molecule has 2 aromatic carbocycles. The SMILES string of the molecule is CCOc1ccc(CN(C)S(=O)(=O)c2ccc(Cl)c(C(F)(F)F)c2)cc1. The van der Waals surface area contributed by atoms with Crippen molar-refractivity contribution in [2.75, 3.05) is 13.7 Å². The van der Waals surface area contributed by atoms with Gasteiger partial charge in [-0.1, -0.05) is 23.7 Å². The molecule has 9 heteroatoms. The van der Waals surface area contributed by atoms with Crippen LogP contribution in [-0.2, 0) is 22.7 Å². The topological polar surface area (TPSA) is 46.6 Å². The van der Waals surface area contributed by atoms with Gasteiger partial charge in [0.2, 0.25) is 10.0 Å². The molecule has 0 aliphatic rings. The monoisotopic (exact) mass is 407 g/mol. The molecule has 26 heavy (non-hydrogen) atoms. The van der Waals surface area contributed by atoms with Gasteiger partial charge in [0.15, 0.2) is 0 Å². The van der Waals surface area contributed by atoms with Gasteiger partial charge < -0.3 is 4.74 Å². The van der Waals surface area contributed by atoms with Crippen molar-refractivity contribution in [3.63, 3.8) is 0 Å². The Hall–Kier alpha value is -1.77. The maximum Gasteiger partial charge on any atom is 0.417 e. The van der Waals surface area contributed by atoms with Gasteiger partial charge in [-0.3, -0.25) is 0 Å². The molecule has 0 fully saturated rings. The van der Waals surface area contributed by atoms with E-state index in [2.05, 4.69) is 0 Å². The van der Waals surface area contributed by atoms with Gasteiger partial charge in [0.25, 0.3) is 0 Å². The lowest BCUT2D eigenvalue weighted by molar-refractivity contribution is -0.137. The number of hydrogen-bond donors (Lipinski definition) is 0. The van der Waals surface area contributed by atoms with Crippen LogP contribution in [0.2, 0.25) is 5.02 Å². The van der Waals surface area contributed by atoms with Crippen molar-refractivity contribution in [2.45, 2.75) is 24.5 Å². The molecule has 0 N–H and O–H groups in total. The van der Waals surface area contributed by atoms with Crippen molar-refractivity contribution in [3.05, 3.63) is 58.6 Å². The Morgan fingerprint density at radius 3 is 2.27 bits per heavy atom. The Bertz CT molecular complexity index is 868. The van der Waals surface area contributed by atoms with Crippen LogP contribution in [0.15, 0.2) is 47.4 Å². The Kier molecular flexibility index (Phi) is 6.21. The van der Waals surface area contributed by atoms with Crippen LogP contribution in [0.1, 0.15) is 18.1 Å². The summed E-state index contributed by atoms with van der Waals surface area (Å²) in [6.07, 6.45) is -4.74. The van der Waals surface area contributed by atoms with Gasteiger partial charge in [-0.25, -0.2) is 8.42 Å². The predicted molar refractivity (Wildman–Crippen MR) is 92.7 cm³/mol. The van der Waals surface area contributed by atoms with E-state index in [1.54, 1.807) is 24.3 Å². The average molecular weight is 408 g/mol.